The normalized spacial score (nSPS) is 14.1. The molecule has 0 aliphatic carbocycles. The summed E-state index contributed by atoms with van der Waals surface area (Å²) in [6.45, 7) is 3.58. The van der Waals surface area contributed by atoms with Gasteiger partial charge in [0.2, 0.25) is 0 Å². The van der Waals surface area contributed by atoms with Crippen LogP contribution in [-0.2, 0) is 5.54 Å². The van der Waals surface area contributed by atoms with Gasteiger partial charge in [-0.05, 0) is 25.0 Å². The largest absolute Gasteiger partial charge is 0.393 e. The van der Waals surface area contributed by atoms with Crippen LogP contribution in [0.25, 0.3) is 0 Å². The maximum Gasteiger partial charge on any atom is 0.102 e. The zero-order valence-corrected chi connectivity index (χ0v) is 8.57. The van der Waals surface area contributed by atoms with Crippen molar-refractivity contribution in [1.29, 1.82) is 0 Å². The SMILES string of the molecule is CC(C)(N)c1ccc(C(O)CO)cc1. The molecule has 1 aromatic rings. The molecular formula is C11H17NO2. The van der Waals surface area contributed by atoms with E-state index in [1.807, 2.05) is 26.0 Å². The molecule has 3 nitrogen and oxygen atoms in total. The smallest absolute Gasteiger partial charge is 0.102 e. The van der Waals surface area contributed by atoms with Gasteiger partial charge in [-0.25, -0.2) is 0 Å². The van der Waals surface area contributed by atoms with E-state index in [4.69, 9.17) is 10.8 Å². The van der Waals surface area contributed by atoms with Gasteiger partial charge in [0.05, 0.1) is 6.61 Å². The summed E-state index contributed by atoms with van der Waals surface area (Å²) in [4.78, 5) is 0. The van der Waals surface area contributed by atoms with Crippen LogP contribution >= 0.6 is 0 Å². The third kappa shape index (κ3) is 2.54. The van der Waals surface area contributed by atoms with Crippen molar-refractivity contribution in [2.45, 2.75) is 25.5 Å². The second kappa shape index (κ2) is 4.09. The molecule has 0 aliphatic rings. The van der Waals surface area contributed by atoms with Crippen molar-refractivity contribution in [3.63, 3.8) is 0 Å². The van der Waals surface area contributed by atoms with E-state index in [9.17, 15) is 5.11 Å². The van der Waals surface area contributed by atoms with Gasteiger partial charge in [-0.3, -0.25) is 0 Å². The molecule has 3 heteroatoms. The highest BCUT2D eigenvalue weighted by Crippen LogP contribution is 2.19. The quantitative estimate of drug-likeness (QED) is 0.671. The highest BCUT2D eigenvalue weighted by Gasteiger charge is 2.14. The lowest BCUT2D eigenvalue weighted by Gasteiger charge is -2.19. The maximum atomic E-state index is 9.34. The predicted octanol–water partition coefficient (Wildman–Crippen LogP) is 0.906. The van der Waals surface area contributed by atoms with E-state index in [0.717, 1.165) is 5.56 Å². The molecule has 0 bridgehead atoms. The van der Waals surface area contributed by atoms with Crippen LogP contribution in [0.15, 0.2) is 24.3 Å². The van der Waals surface area contributed by atoms with Gasteiger partial charge in [0, 0.05) is 5.54 Å². The van der Waals surface area contributed by atoms with Crippen LogP contribution in [0.2, 0.25) is 0 Å². The van der Waals surface area contributed by atoms with Crippen LogP contribution in [0.4, 0.5) is 0 Å². The van der Waals surface area contributed by atoms with Crippen molar-refractivity contribution in [2.75, 3.05) is 6.61 Å². The molecule has 78 valence electrons. The number of benzene rings is 1. The van der Waals surface area contributed by atoms with Gasteiger partial charge in [-0.1, -0.05) is 24.3 Å². The first-order valence-corrected chi connectivity index (χ1v) is 4.63. The van der Waals surface area contributed by atoms with Gasteiger partial charge in [-0.15, -0.1) is 0 Å². The molecule has 1 unspecified atom stereocenters. The zero-order chi connectivity index (χ0) is 10.8. The molecule has 14 heavy (non-hydrogen) atoms. The zero-order valence-electron chi connectivity index (χ0n) is 8.57. The molecule has 1 aromatic carbocycles. The first kappa shape index (κ1) is 11.2. The Labute approximate surface area is 84.2 Å². The fourth-order valence-electron chi connectivity index (χ4n) is 1.24. The fraction of sp³-hybridized carbons (Fsp3) is 0.455. The second-order valence-corrected chi connectivity index (χ2v) is 4.04. The van der Waals surface area contributed by atoms with Crippen molar-refractivity contribution in [3.8, 4) is 0 Å². The lowest BCUT2D eigenvalue weighted by Crippen LogP contribution is -2.28. The Morgan fingerprint density at radius 3 is 2.14 bits per heavy atom. The second-order valence-electron chi connectivity index (χ2n) is 4.04. The first-order valence-electron chi connectivity index (χ1n) is 4.63. The van der Waals surface area contributed by atoms with Gasteiger partial charge in [0.1, 0.15) is 6.10 Å². The summed E-state index contributed by atoms with van der Waals surface area (Å²) in [5.74, 6) is 0. The average molecular weight is 195 g/mol. The Bertz CT molecular complexity index is 287. The summed E-state index contributed by atoms with van der Waals surface area (Å²) in [6, 6.07) is 7.30. The average Bonchev–Trinajstić information content (AvgIpc) is 2.15. The van der Waals surface area contributed by atoms with Crippen molar-refractivity contribution >= 4 is 0 Å². The Morgan fingerprint density at radius 1 is 1.29 bits per heavy atom. The van der Waals surface area contributed by atoms with Gasteiger partial charge >= 0.3 is 0 Å². The van der Waals surface area contributed by atoms with Gasteiger partial charge in [0.25, 0.3) is 0 Å². The standard InChI is InChI=1S/C11H17NO2/c1-11(2,12)9-5-3-8(4-6-9)10(14)7-13/h3-6,10,13-14H,7,12H2,1-2H3. The van der Waals surface area contributed by atoms with Crippen LogP contribution in [-0.4, -0.2) is 16.8 Å². The van der Waals surface area contributed by atoms with Crippen molar-refractivity contribution in [3.05, 3.63) is 35.4 Å². The van der Waals surface area contributed by atoms with Crippen molar-refractivity contribution < 1.29 is 10.2 Å². The lowest BCUT2D eigenvalue weighted by atomic mass is 9.94. The predicted molar refractivity (Wildman–Crippen MR) is 55.7 cm³/mol. The van der Waals surface area contributed by atoms with Crippen molar-refractivity contribution in [2.24, 2.45) is 5.73 Å². The van der Waals surface area contributed by atoms with Crippen LogP contribution in [0.5, 0.6) is 0 Å². The number of hydrogen-bond donors (Lipinski definition) is 3. The molecule has 1 rings (SSSR count). The number of aliphatic hydroxyl groups excluding tert-OH is 2. The van der Waals surface area contributed by atoms with E-state index in [1.165, 1.54) is 0 Å². The third-order valence-corrected chi connectivity index (χ3v) is 2.21. The monoisotopic (exact) mass is 195 g/mol. The number of hydrogen-bond acceptors (Lipinski definition) is 3. The Balaban J connectivity index is 2.89. The molecule has 4 N–H and O–H groups in total. The van der Waals surface area contributed by atoms with E-state index < -0.39 is 6.10 Å². The molecule has 0 saturated heterocycles. The molecule has 0 fully saturated rings. The highest BCUT2D eigenvalue weighted by molar-refractivity contribution is 5.28. The Morgan fingerprint density at radius 2 is 1.79 bits per heavy atom. The minimum absolute atomic E-state index is 0.259. The fourth-order valence-corrected chi connectivity index (χ4v) is 1.24. The van der Waals surface area contributed by atoms with Crippen LogP contribution in [0.1, 0.15) is 31.1 Å². The minimum Gasteiger partial charge on any atom is -0.393 e. The van der Waals surface area contributed by atoms with Crippen LogP contribution < -0.4 is 5.73 Å². The van der Waals surface area contributed by atoms with Gasteiger partial charge in [0.15, 0.2) is 0 Å². The Hall–Kier alpha value is -0.900. The van der Waals surface area contributed by atoms with Gasteiger partial charge < -0.3 is 15.9 Å². The van der Waals surface area contributed by atoms with E-state index in [2.05, 4.69) is 0 Å². The van der Waals surface area contributed by atoms with Crippen LogP contribution in [0.3, 0.4) is 0 Å². The molecule has 0 radical (unpaired) electrons. The van der Waals surface area contributed by atoms with E-state index in [0.29, 0.717) is 5.56 Å². The summed E-state index contributed by atoms with van der Waals surface area (Å²) >= 11 is 0. The summed E-state index contributed by atoms with van der Waals surface area (Å²) in [6.07, 6.45) is -0.801. The molecule has 0 aromatic heterocycles. The molecule has 0 heterocycles. The minimum atomic E-state index is -0.801. The first-order chi connectivity index (χ1) is 6.45. The Kier molecular flexibility index (Phi) is 3.26. The maximum absolute atomic E-state index is 9.34. The summed E-state index contributed by atoms with van der Waals surface area (Å²) < 4.78 is 0. The van der Waals surface area contributed by atoms with Gasteiger partial charge in [-0.2, -0.15) is 0 Å². The third-order valence-electron chi connectivity index (χ3n) is 2.21. The van der Waals surface area contributed by atoms with E-state index >= 15 is 0 Å². The molecular weight excluding hydrogens is 178 g/mol. The topological polar surface area (TPSA) is 66.5 Å². The highest BCUT2D eigenvalue weighted by atomic mass is 16.3. The van der Waals surface area contributed by atoms with E-state index in [1.54, 1.807) is 12.1 Å². The molecule has 1 atom stereocenters. The molecule has 0 aliphatic heterocycles. The summed E-state index contributed by atoms with van der Waals surface area (Å²) in [5.41, 5.74) is 7.25. The number of nitrogens with two attached hydrogens (primary N) is 1. The molecule has 0 saturated carbocycles. The molecule has 0 amide bonds. The van der Waals surface area contributed by atoms with Crippen LogP contribution in [0, 0.1) is 0 Å². The summed E-state index contributed by atoms with van der Waals surface area (Å²) in [7, 11) is 0. The van der Waals surface area contributed by atoms with E-state index in [-0.39, 0.29) is 12.1 Å². The summed E-state index contributed by atoms with van der Waals surface area (Å²) in [5, 5.41) is 18.1. The number of rotatable bonds is 3. The molecule has 0 spiro atoms. The lowest BCUT2D eigenvalue weighted by molar-refractivity contribution is 0.0956. The van der Waals surface area contributed by atoms with Crippen molar-refractivity contribution in [1.82, 2.24) is 0 Å². The number of aliphatic hydroxyl groups is 2.